The third kappa shape index (κ3) is 7.57. The van der Waals surface area contributed by atoms with E-state index in [2.05, 4.69) is 4.74 Å². The van der Waals surface area contributed by atoms with Gasteiger partial charge in [0.1, 0.15) is 12.6 Å². The third-order valence-corrected chi connectivity index (χ3v) is 4.32. The van der Waals surface area contributed by atoms with E-state index in [-0.39, 0.29) is 13.0 Å². The maximum atomic E-state index is 12.1. The highest BCUT2D eigenvalue weighted by molar-refractivity contribution is 8.14. The van der Waals surface area contributed by atoms with Gasteiger partial charge in [0.2, 0.25) is 6.79 Å². The second kappa shape index (κ2) is 10.0. The van der Waals surface area contributed by atoms with Gasteiger partial charge >= 0.3 is 17.2 Å². The number of carbonyl (C=O) groups is 3. The van der Waals surface area contributed by atoms with Crippen LogP contribution in [0, 0.1) is 0 Å². The molecule has 8 heteroatoms. The van der Waals surface area contributed by atoms with E-state index in [1.54, 1.807) is 20.8 Å². The van der Waals surface area contributed by atoms with Crippen molar-refractivity contribution in [1.29, 1.82) is 0 Å². The van der Waals surface area contributed by atoms with Crippen molar-refractivity contribution >= 4 is 29.0 Å². The van der Waals surface area contributed by atoms with Crippen molar-refractivity contribution in [2.45, 2.75) is 44.6 Å². The average molecular weight is 369 g/mol. The molecule has 0 amide bonds. The summed E-state index contributed by atoms with van der Waals surface area (Å²) < 4.78 is 13.7. The fourth-order valence-corrected chi connectivity index (χ4v) is 2.42. The zero-order valence-electron chi connectivity index (χ0n) is 14.5. The topological polar surface area (TPSA) is 105 Å². The van der Waals surface area contributed by atoms with Crippen LogP contribution in [0.4, 0.5) is 4.79 Å². The minimum atomic E-state index is -1.04. The second-order valence-electron chi connectivity index (χ2n) is 5.66. The van der Waals surface area contributed by atoms with E-state index >= 15 is 0 Å². The van der Waals surface area contributed by atoms with Gasteiger partial charge in [0.05, 0.1) is 0 Å². The predicted molar refractivity (Wildman–Crippen MR) is 93.6 cm³/mol. The van der Waals surface area contributed by atoms with Crippen LogP contribution in [0.15, 0.2) is 30.3 Å². The summed E-state index contributed by atoms with van der Waals surface area (Å²) in [7, 11) is 0. The predicted octanol–water partition coefficient (Wildman–Crippen LogP) is 2.62. The number of benzene rings is 1. The average Bonchev–Trinajstić information content (AvgIpc) is 2.59. The lowest BCUT2D eigenvalue weighted by molar-refractivity contribution is -0.151. The highest BCUT2D eigenvalue weighted by atomic mass is 32.2. The van der Waals surface area contributed by atoms with Crippen LogP contribution in [-0.2, 0) is 30.4 Å². The van der Waals surface area contributed by atoms with Gasteiger partial charge in [0.25, 0.3) is 0 Å². The Bertz CT molecular complexity index is 590. The molecule has 0 saturated carbocycles. The third-order valence-electron chi connectivity index (χ3n) is 3.26. The summed E-state index contributed by atoms with van der Waals surface area (Å²) in [6.45, 7) is 4.52. The molecule has 0 aliphatic heterocycles. The molecule has 0 aliphatic rings. The van der Waals surface area contributed by atoms with Crippen molar-refractivity contribution < 1.29 is 28.6 Å². The molecular weight excluding hydrogens is 346 g/mol. The molecule has 7 nitrogen and oxygen atoms in total. The molecule has 1 atom stereocenters. The molecule has 1 aromatic carbocycles. The lowest BCUT2D eigenvalue weighted by atomic mass is 10.0. The summed E-state index contributed by atoms with van der Waals surface area (Å²) in [5.41, 5.74) is 6.76. The largest absolute Gasteiger partial charge is 0.460 e. The summed E-state index contributed by atoms with van der Waals surface area (Å²) in [4.78, 5) is 34.8. The van der Waals surface area contributed by atoms with Gasteiger partial charge in [-0.05, 0) is 31.2 Å². The van der Waals surface area contributed by atoms with Crippen LogP contribution in [0.1, 0.15) is 32.8 Å². The number of esters is 2. The van der Waals surface area contributed by atoms with E-state index < -0.39 is 34.8 Å². The lowest BCUT2D eigenvalue weighted by Gasteiger charge is -2.27. The molecule has 0 fully saturated rings. The maximum Gasteiger partial charge on any atom is 0.370 e. The van der Waals surface area contributed by atoms with E-state index in [0.717, 1.165) is 17.3 Å². The van der Waals surface area contributed by atoms with Crippen molar-refractivity contribution in [3.05, 3.63) is 35.9 Å². The van der Waals surface area contributed by atoms with Gasteiger partial charge < -0.3 is 19.9 Å². The van der Waals surface area contributed by atoms with Crippen molar-refractivity contribution in [2.75, 3.05) is 6.79 Å². The number of nitrogens with two attached hydrogens (primary N) is 1. The van der Waals surface area contributed by atoms with Crippen LogP contribution in [0.5, 0.6) is 0 Å². The van der Waals surface area contributed by atoms with E-state index in [0.29, 0.717) is 0 Å². The fourth-order valence-electron chi connectivity index (χ4n) is 1.66. The molecule has 0 aliphatic carbocycles. The Hall–Kier alpha value is -2.06. The van der Waals surface area contributed by atoms with Gasteiger partial charge in [0, 0.05) is 11.2 Å². The van der Waals surface area contributed by atoms with Crippen LogP contribution in [0.3, 0.4) is 0 Å². The number of ether oxygens (including phenoxy) is 3. The molecule has 1 aromatic rings. The van der Waals surface area contributed by atoms with E-state index in [1.165, 1.54) is 0 Å². The first-order chi connectivity index (χ1) is 11.8. The standard InChI is InChI=1S/C17H23NO6S/c1-4-13(19)23-11-24-16(21)25-17(2,3)14(18)15(20)22-10-12-8-6-5-7-9-12/h5-9,14H,4,10-11,18H2,1-3H3/t14-/m0/s1. The first kappa shape index (κ1) is 21.0. The van der Waals surface area contributed by atoms with Crippen LogP contribution in [0.25, 0.3) is 0 Å². The Morgan fingerprint density at radius 3 is 2.36 bits per heavy atom. The van der Waals surface area contributed by atoms with Gasteiger partial charge in [-0.3, -0.25) is 9.59 Å². The molecule has 1 rings (SSSR count). The summed E-state index contributed by atoms with van der Waals surface area (Å²) in [5.74, 6) is -1.09. The molecule has 0 aromatic heterocycles. The Kier molecular flexibility index (Phi) is 8.44. The SMILES string of the molecule is CCC(=O)OCOC(=O)SC(C)(C)[C@@H](N)C(=O)OCc1ccccc1. The molecule has 2 N–H and O–H groups in total. The summed E-state index contributed by atoms with van der Waals surface area (Å²) in [6.07, 6.45) is 0.189. The molecule has 0 heterocycles. The van der Waals surface area contributed by atoms with Gasteiger partial charge in [-0.1, -0.05) is 37.3 Å². The number of rotatable bonds is 8. The van der Waals surface area contributed by atoms with Gasteiger partial charge in [0.15, 0.2) is 0 Å². The highest BCUT2D eigenvalue weighted by Gasteiger charge is 2.37. The second-order valence-corrected chi connectivity index (χ2v) is 7.25. The minimum Gasteiger partial charge on any atom is -0.460 e. The summed E-state index contributed by atoms with van der Waals surface area (Å²) >= 11 is 0.741. The fraction of sp³-hybridized carbons (Fsp3) is 0.471. The smallest absolute Gasteiger partial charge is 0.370 e. The number of hydrogen-bond donors (Lipinski definition) is 1. The van der Waals surface area contributed by atoms with E-state index in [9.17, 15) is 14.4 Å². The van der Waals surface area contributed by atoms with Crippen molar-refractivity contribution in [3.63, 3.8) is 0 Å². The van der Waals surface area contributed by atoms with E-state index in [4.69, 9.17) is 15.2 Å². The Morgan fingerprint density at radius 2 is 1.76 bits per heavy atom. The highest BCUT2D eigenvalue weighted by Crippen LogP contribution is 2.29. The normalized spacial score (nSPS) is 12.2. The molecule has 0 radical (unpaired) electrons. The van der Waals surface area contributed by atoms with Gasteiger partial charge in [-0.15, -0.1) is 0 Å². The molecule has 0 bridgehead atoms. The van der Waals surface area contributed by atoms with Gasteiger partial charge in [-0.25, -0.2) is 4.79 Å². The van der Waals surface area contributed by atoms with Crippen molar-refractivity contribution in [1.82, 2.24) is 0 Å². The van der Waals surface area contributed by atoms with Gasteiger partial charge in [-0.2, -0.15) is 0 Å². The van der Waals surface area contributed by atoms with Crippen LogP contribution in [0.2, 0.25) is 0 Å². The quantitative estimate of drug-likeness (QED) is 0.551. The minimum absolute atomic E-state index is 0.103. The van der Waals surface area contributed by atoms with E-state index in [1.807, 2.05) is 30.3 Å². The Morgan fingerprint density at radius 1 is 1.12 bits per heavy atom. The molecular formula is C17H23NO6S. The maximum absolute atomic E-state index is 12.1. The molecule has 0 spiro atoms. The number of hydrogen-bond acceptors (Lipinski definition) is 8. The first-order valence-corrected chi connectivity index (χ1v) is 8.55. The monoisotopic (exact) mass is 369 g/mol. The Balaban J connectivity index is 2.45. The van der Waals surface area contributed by atoms with Crippen LogP contribution < -0.4 is 5.73 Å². The number of carbonyl (C=O) groups excluding carboxylic acids is 3. The molecule has 25 heavy (non-hydrogen) atoms. The number of thioether (sulfide) groups is 1. The lowest BCUT2D eigenvalue weighted by Crippen LogP contribution is -2.48. The van der Waals surface area contributed by atoms with Crippen LogP contribution >= 0.6 is 11.8 Å². The Labute approximate surface area is 151 Å². The molecule has 0 saturated heterocycles. The van der Waals surface area contributed by atoms with Crippen molar-refractivity contribution in [3.8, 4) is 0 Å². The summed E-state index contributed by atoms with van der Waals surface area (Å²) in [5, 5.41) is -0.694. The van der Waals surface area contributed by atoms with Crippen molar-refractivity contribution in [2.24, 2.45) is 5.73 Å². The first-order valence-electron chi connectivity index (χ1n) is 7.73. The molecule has 138 valence electrons. The zero-order chi connectivity index (χ0) is 18.9. The molecule has 0 unspecified atom stereocenters. The summed E-state index contributed by atoms with van der Waals surface area (Å²) in [6, 6.07) is 8.16. The van der Waals surface area contributed by atoms with Crippen LogP contribution in [-0.4, -0.2) is 34.8 Å². The zero-order valence-corrected chi connectivity index (χ0v) is 15.3.